The molecule has 1 aromatic carbocycles. The zero-order valence-corrected chi connectivity index (χ0v) is 11.1. The van der Waals surface area contributed by atoms with Crippen LogP contribution in [0.1, 0.15) is 15.9 Å². The van der Waals surface area contributed by atoms with Gasteiger partial charge in [-0.15, -0.1) is 0 Å². The van der Waals surface area contributed by atoms with Crippen LogP contribution in [0.2, 0.25) is 5.02 Å². The molecule has 0 bridgehead atoms. The molecule has 94 valence electrons. The number of nitrogens with one attached hydrogen (secondary N) is 1. The van der Waals surface area contributed by atoms with Crippen molar-refractivity contribution in [1.29, 1.82) is 0 Å². The molecular formula is C13H13ClN2O2. The summed E-state index contributed by atoms with van der Waals surface area (Å²) in [5.74, 6) is -0.425. The minimum absolute atomic E-state index is 0.397. The van der Waals surface area contributed by atoms with Gasteiger partial charge in [-0.25, -0.2) is 4.79 Å². The Labute approximate surface area is 110 Å². The van der Waals surface area contributed by atoms with Crippen molar-refractivity contribution in [1.82, 2.24) is 4.98 Å². The third-order valence-corrected chi connectivity index (χ3v) is 3.00. The fourth-order valence-corrected chi connectivity index (χ4v) is 2.24. The van der Waals surface area contributed by atoms with E-state index in [-0.39, 0.29) is 0 Å². The zero-order valence-electron chi connectivity index (χ0n) is 10.4. The highest BCUT2D eigenvalue weighted by molar-refractivity contribution is 6.31. The molecule has 0 aliphatic rings. The normalized spacial score (nSPS) is 10.4. The highest BCUT2D eigenvalue weighted by Gasteiger charge is 2.16. The van der Waals surface area contributed by atoms with E-state index >= 15 is 0 Å². The Morgan fingerprint density at radius 1 is 1.44 bits per heavy atom. The molecule has 2 rings (SSSR count). The van der Waals surface area contributed by atoms with Gasteiger partial charge in [-0.2, -0.15) is 0 Å². The number of anilines is 1. The van der Waals surface area contributed by atoms with Crippen molar-refractivity contribution in [2.75, 3.05) is 19.5 Å². The van der Waals surface area contributed by atoms with E-state index in [1.165, 1.54) is 13.3 Å². The number of carbonyl (C=O) groups is 1. The SMILES string of the molecule is CNc1c(C(=O)OC)cnc2c(C)cc(Cl)cc12. The number of methoxy groups -OCH3 is 1. The first-order valence-corrected chi connectivity index (χ1v) is 5.81. The van der Waals surface area contributed by atoms with Crippen LogP contribution >= 0.6 is 11.6 Å². The van der Waals surface area contributed by atoms with Crippen molar-refractivity contribution < 1.29 is 9.53 Å². The first kappa shape index (κ1) is 12.6. The van der Waals surface area contributed by atoms with Crippen LogP contribution < -0.4 is 5.32 Å². The Bertz CT molecular complexity index is 626. The Morgan fingerprint density at radius 3 is 2.78 bits per heavy atom. The fourth-order valence-electron chi connectivity index (χ4n) is 1.97. The number of aromatic nitrogens is 1. The Hall–Kier alpha value is -1.81. The van der Waals surface area contributed by atoms with Crippen molar-refractivity contribution in [3.63, 3.8) is 0 Å². The largest absolute Gasteiger partial charge is 0.465 e. The number of benzene rings is 1. The topological polar surface area (TPSA) is 51.2 Å². The van der Waals surface area contributed by atoms with E-state index in [0.717, 1.165) is 16.5 Å². The van der Waals surface area contributed by atoms with Gasteiger partial charge < -0.3 is 10.1 Å². The molecule has 0 saturated carbocycles. The lowest BCUT2D eigenvalue weighted by atomic mass is 10.1. The second kappa shape index (κ2) is 4.82. The van der Waals surface area contributed by atoms with Gasteiger partial charge in [-0.3, -0.25) is 4.98 Å². The van der Waals surface area contributed by atoms with Gasteiger partial charge in [0.2, 0.25) is 0 Å². The summed E-state index contributed by atoms with van der Waals surface area (Å²) in [6, 6.07) is 3.63. The van der Waals surface area contributed by atoms with E-state index in [9.17, 15) is 4.79 Å². The summed E-state index contributed by atoms with van der Waals surface area (Å²) in [5, 5.41) is 4.43. The molecule has 0 atom stereocenters. The zero-order chi connectivity index (χ0) is 13.3. The lowest BCUT2D eigenvalue weighted by molar-refractivity contribution is 0.0601. The van der Waals surface area contributed by atoms with Crippen LogP contribution in [0, 0.1) is 6.92 Å². The molecule has 0 radical (unpaired) electrons. The van der Waals surface area contributed by atoms with Gasteiger partial charge >= 0.3 is 5.97 Å². The molecule has 2 aromatic rings. The van der Waals surface area contributed by atoms with Crippen molar-refractivity contribution in [2.45, 2.75) is 6.92 Å². The molecule has 0 aliphatic carbocycles. The van der Waals surface area contributed by atoms with E-state index < -0.39 is 5.97 Å². The molecule has 4 nitrogen and oxygen atoms in total. The Balaban J connectivity index is 2.82. The minimum atomic E-state index is -0.425. The third-order valence-electron chi connectivity index (χ3n) is 2.78. The van der Waals surface area contributed by atoms with Crippen LogP contribution in [0.3, 0.4) is 0 Å². The van der Waals surface area contributed by atoms with Crippen molar-refractivity contribution in [3.8, 4) is 0 Å². The molecule has 1 aromatic heterocycles. The molecule has 0 saturated heterocycles. The van der Waals surface area contributed by atoms with E-state index in [1.54, 1.807) is 13.1 Å². The Kier molecular flexibility index (Phi) is 3.39. The summed E-state index contributed by atoms with van der Waals surface area (Å²) in [7, 11) is 3.09. The summed E-state index contributed by atoms with van der Waals surface area (Å²) in [5.41, 5.74) is 2.86. The van der Waals surface area contributed by atoms with Gasteiger partial charge in [0, 0.05) is 23.7 Å². The van der Waals surface area contributed by atoms with Crippen LogP contribution in [0.5, 0.6) is 0 Å². The van der Waals surface area contributed by atoms with Gasteiger partial charge in [0.25, 0.3) is 0 Å². The number of hydrogen-bond donors (Lipinski definition) is 1. The lowest BCUT2D eigenvalue weighted by Crippen LogP contribution is -2.07. The predicted molar refractivity (Wildman–Crippen MR) is 72.4 cm³/mol. The average molecular weight is 265 g/mol. The summed E-state index contributed by atoms with van der Waals surface area (Å²) < 4.78 is 4.74. The van der Waals surface area contributed by atoms with E-state index in [2.05, 4.69) is 10.3 Å². The maximum absolute atomic E-state index is 11.7. The summed E-state index contributed by atoms with van der Waals surface area (Å²) in [6.45, 7) is 1.93. The number of aryl methyl sites for hydroxylation is 1. The predicted octanol–water partition coefficient (Wildman–Crippen LogP) is 3.02. The molecule has 0 aliphatic heterocycles. The molecule has 5 heteroatoms. The summed E-state index contributed by atoms with van der Waals surface area (Å²) in [6.07, 6.45) is 1.51. The number of fused-ring (bicyclic) bond motifs is 1. The monoisotopic (exact) mass is 264 g/mol. The molecule has 0 amide bonds. The number of carbonyl (C=O) groups excluding carboxylic acids is 1. The van der Waals surface area contributed by atoms with E-state index in [0.29, 0.717) is 16.3 Å². The second-order valence-electron chi connectivity index (χ2n) is 3.91. The fraction of sp³-hybridized carbons (Fsp3) is 0.231. The molecule has 0 unspecified atom stereocenters. The highest BCUT2D eigenvalue weighted by atomic mass is 35.5. The minimum Gasteiger partial charge on any atom is -0.465 e. The number of pyridine rings is 1. The smallest absolute Gasteiger partial charge is 0.341 e. The van der Waals surface area contributed by atoms with Gasteiger partial charge in [0.05, 0.1) is 18.3 Å². The second-order valence-corrected chi connectivity index (χ2v) is 4.34. The van der Waals surface area contributed by atoms with Crippen LogP contribution in [-0.2, 0) is 4.74 Å². The van der Waals surface area contributed by atoms with Crippen molar-refractivity contribution >= 4 is 34.2 Å². The number of esters is 1. The highest BCUT2D eigenvalue weighted by Crippen LogP contribution is 2.30. The van der Waals surface area contributed by atoms with Crippen molar-refractivity contribution in [2.24, 2.45) is 0 Å². The van der Waals surface area contributed by atoms with Crippen LogP contribution in [0.25, 0.3) is 10.9 Å². The quantitative estimate of drug-likeness (QED) is 0.847. The number of hydrogen-bond acceptors (Lipinski definition) is 4. The third kappa shape index (κ3) is 1.99. The van der Waals surface area contributed by atoms with Crippen LogP contribution in [0.4, 0.5) is 5.69 Å². The first-order chi connectivity index (χ1) is 8.58. The van der Waals surface area contributed by atoms with Crippen molar-refractivity contribution in [3.05, 3.63) is 34.5 Å². The Morgan fingerprint density at radius 2 is 2.17 bits per heavy atom. The lowest BCUT2D eigenvalue weighted by Gasteiger charge is -2.12. The average Bonchev–Trinajstić information content (AvgIpc) is 2.36. The summed E-state index contributed by atoms with van der Waals surface area (Å²) >= 11 is 6.05. The number of rotatable bonds is 2. The van der Waals surface area contributed by atoms with Gasteiger partial charge in [0.1, 0.15) is 5.56 Å². The number of halogens is 1. The molecular weight excluding hydrogens is 252 g/mol. The molecule has 18 heavy (non-hydrogen) atoms. The number of ether oxygens (including phenoxy) is 1. The molecule has 1 N–H and O–H groups in total. The standard InChI is InChI=1S/C13H13ClN2O2/c1-7-4-8(14)5-9-11(7)16-6-10(12(9)15-2)13(17)18-3/h4-6H,1-3H3,(H,15,16). The van der Waals surface area contributed by atoms with Gasteiger partial charge in [-0.1, -0.05) is 11.6 Å². The van der Waals surface area contributed by atoms with E-state index in [1.807, 2.05) is 13.0 Å². The van der Waals surface area contributed by atoms with Crippen LogP contribution in [0.15, 0.2) is 18.3 Å². The number of nitrogens with zero attached hydrogens (tertiary/aromatic N) is 1. The summed E-state index contributed by atoms with van der Waals surface area (Å²) in [4.78, 5) is 16.0. The van der Waals surface area contributed by atoms with Gasteiger partial charge in [0.15, 0.2) is 0 Å². The molecule has 0 fully saturated rings. The molecule has 0 spiro atoms. The van der Waals surface area contributed by atoms with E-state index in [4.69, 9.17) is 16.3 Å². The van der Waals surface area contributed by atoms with Gasteiger partial charge in [-0.05, 0) is 24.6 Å². The molecule has 1 heterocycles. The van der Waals surface area contributed by atoms with Crippen LogP contribution in [-0.4, -0.2) is 25.1 Å². The first-order valence-electron chi connectivity index (χ1n) is 5.43. The maximum atomic E-state index is 11.7. The maximum Gasteiger partial charge on any atom is 0.341 e.